The number of carbonyl (C=O) groups is 2. The molecule has 4 rings (SSSR count). The summed E-state index contributed by atoms with van der Waals surface area (Å²) < 4.78 is 0. The average molecular weight is 355 g/mol. The Labute approximate surface area is 151 Å². The van der Waals surface area contributed by atoms with Crippen molar-refractivity contribution >= 4 is 23.2 Å². The largest absolute Gasteiger partial charge is 0.352 e. The number of aromatic nitrogens is 1. The first-order valence-corrected chi connectivity index (χ1v) is 9.51. The van der Waals surface area contributed by atoms with E-state index < -0.39 is 0 Å². The van der Waals surface area contributed by atoms with E-state index in [0.717, 1.165) is 36.4 Å². The second kappa shape index (κ2) is 6.59. The van der Waals surface area contributed by atoms with Crippen LogP contribution in [0, 0.1) is 11.3 Å². The SMILES string of the molecule is O=C(NCc1ccncc1)C1CC12CCN(C(=O)Cc1cccs1)C2. The fourth-order valence-electron chi connectivity index (χ4n) is 3.77. The number of hydrogen-bond acceptors (Lipinski definition) is 4. The van der Waals surface area contributed by atoms with Gasteiger partial charge in [0, 0.05) is 48.2 Å². The molecule has 2 fully saturated rings. The van der Waals surface area contributed by atoms with Gasteiger partial charge in [-0.1, -0.05) is 6.07 Å². The molecule has 1 aliphatic carbocycles. The van der Waals surface area contributed by atoms with Crippen molar-refractivity contribution in [1.82, 2.24) is 15.2 Å². The van der Waals surface area contributed by atoms with Crippen LogP contribution in [-0.2, 0) is 22.6 Å². The molecule has 2 amide bonds. The molecule has 5 nitrogen and oxygen atoms in total. The summed E-state index contributed by atoms with van der Waals surface area (Å²) in [6.07, 6.45) is 5.78. The average Bonchev–Trinajstić information content (AvgIpc) is 2.96. The van der Waals surface area contributed by atoms with Crippen molar-refractivity contribution in [2.75, 3.05) is 13.1 Å². The van der Waals surface area contributed by atoms with Crippen molar-refractivity contribution in [3.63, 3.8) is 0 Å². The molecule has 0 radical (unpaired) electrons. The fraction of sp³-hybridized carbons (Fsp3) is 0.421. The van der Waals surface area contributed by atoms with E-state index in [1.165, 1.54) is 0 Å². The Balaban J connectivity index is 1.28. The van der Waals surface area contributed by atoms with E-state index in [1.807, 2.05) is 34.5 Å². The molecular weight excluding hydrogens is 334 g/mol. The van der Waals surface area contributed by atoms with E-state index in [1.54, 1.807) is 23.7 Å². The summed E-state index contributed by atoms with van der Waals surface area (Å²) in [5.74, 6) is 0.348. The number of rotatable bonds is 5. The maximum absolute atomic E-state index is 12.4. The van der Waals surface area contributed by atoms with Crippen LogP contribution >= 0.6 is 11.3 Å². The highest BCUT2D eigenvalue weighted by Gasteiger charge is 2.61. The van der Waals surface area contributed by atoms with Gasteiger partial charge in [0.2, 0.25) is 11.8 Å². The minimum Gasteiger partial charge on any atom is -0.352 e. The normalized spacial score (nSPS) is 24.5. The minimum atomic E-state index is 0.0213. The molecule has 2 aromatic heterocycles. The number of pyridine rings is 1. The lowest BCUT2D eigenvalue weighted by Crippen LogP contribution is -2.32. The first-order chi connectivity index (χ1) is 12.2. The molecule has 130 valence electrons. The molecule has 6 heteroatoms. The molecule has 3 heterocycles. The van der Waals surface area contributed by atoms with Gasteiger partial charge in [-0.3, -0.25) is 14.6 Å². The number of nitrogens with one attached hydrogen (secondary N) is 1. The lowest BCUT2D eigenvalue weighted by molar-refractivity contribution is -0.130. The first-order valence-electron chi connectivity index (χ1n) is 8.63. The standard InChI is InChI=1S/C19H21N3O2S/c23-17(10-15-2-1-9-25-15)22-8-5-19(13-22)11-16(19)18(24)21-12-14-3-6-20-7-4-14/h1-4,6-7,9,16H,5,8,10-13H2,(H,21,24). The highest BCUT2D eigenvalue weighted by Crippen LogP contribution is 2.58. The van der Waals surface area contributed by atoms with Crippen LogP contribution in [0.3, 0.4) is 0 Å². The minimum absolute atomic E-state index is 0.0213. The van der Waals surface area contributed by atoms with Gasteiger partial charge < -0.3 is 10.2 Å². The Bertz CT molecular complexity index is 762. The van der Waals surface area contributed by atoms with Crippen LogP contribution in [0.5, 0.6) is 0 Å². The summed E-state index contributed by atoms with van der Waals surface area (Å²) in [4.78, 5) is 31.9. The number of amides is 2. The Kier molecular flexibility index (Phi) is 4.29. The van der Waals surface area contributed by atoms with Crippen LogP contribution in [0.2, 0.25) is 0 Å². The van der Waals surface area contributed by atoms with E-state index >= 15 is 0 Å². The maximum Gasteiger partial charge on any atom is 0.227 e. The third-order valence-corrected chi connectivity index (χ3v) is 6.24. The van der Waals surface area contributed by atoms with Crippen LogP contribution in [0.25, 0.3) is 0 Å². The number of thiophene rings is 1. The third-order valence-electron chi connectivity index (χ3n) is 5.37. The number of likely N-dealkylation sites (tertiary alicyclic amines) is 1. The molecule has 0 aromatic carbocycles. The van der Waals surface area contributed by atoms with Crippen molar-refractivity contribution in [2.24, 2.45) is 11.3 Å². The van der Waals surface area contributed by atoms with E-state index in [-0.39, 0.29) is 23.1 Å². The van der Waals surface area contributed by atoms with E-state index in [9.17, 15) is 9.59 Å². The monoisotopic (exact) mass is 355 g/mol. The summed E-state index contributed by atoms with van der Waals surface area (Å²) >= 11 is 1.62. The Morgan fingerprint density at radius 3 is 2.92 bits per heavy atom. The molecule has 1 aliphatic heterocycles. The molecule has 0 bridgehead atoms. The second-order valence-corrected chi connectivity index (χ2v) is 8.05. The summed E-state index contributed by atoms with van der Waals surface area (Å²) in [6.45, 7) is 2.04. The maximum atomic E-state index is 12.4. The van der Waals surface area contributed by atoms with Crippen LogP contribution < -0.4 is 5.32 Å². The van der Waals surface area contributed by atoms with Gasteiger partial charge in [-0.15, -0.1) is 11.3 Å². The number of hydrogen-bond donors (Lipinski definition) is 1. The van der Waals surface area contributed by atoms with Crippen molar-refractivity contribution in [1.29, 1.82) is 0 Å². The van der Waals surface area contributed by atoms with Gasteiger partial charge in [0.15, 0.2) is 0 Å². The van der Waals surface area contributed by atoms with Gasteiger partial charge in [0.05, 0.1) is 6.42 Å². The molecule has 2 aliphatic rings. The van der Waals surface area contributed by atoms with Gasteiger partial charge in [-0.2, -0.15) is 0 Å². The van der Waals surface area contributed by atoms with Crippen LogP contribution in [0.4, 0.5) is 0 Å². The quantitative estimate of drug-likeness (QED) is 0.895. The molecule has 1 spiro atoms. The molecule has 2 unspecified atom stereocenters. The molecule has 25 heavy (non-hydrogen) atoms. The third kappa shape index (κ3) is 3.44. The molecule has 2 aromatic rings. The zero-order valence-corrected chi connectivity index (χ0v) is 14.8. The smallest absolute Gasteiger partial charge is 0.227 e. The lowest BCUT2D eigenvalue weighted by Gasteiger charge is -2.16. The van der Waals surface area contributed by atoms with Crippen LogP contribution in [-0.4, -0.2) is 34.8 Å². The fourth-order valence-corrected chi connectivity index (χ4v) is 4.46. The van der Waals surface area contributed by atoms with Gasteiger partial charge in [0.1, 0.15) is 0 Å². The predicted molar refractivity (Wildman–Crippen MR) is 95.8 cm³/mol. The molecule has 1 saturated heterocycles. The van der Waals surface area contributed by atoms with Gasteiger partial charge in [-0.05, 0) is 42.0 Å². The zero-order valence-electron chi connectivity index (χ0n) is 14.0. The van der Waals surface area contributed by atoms with Crippen molar-refractivity contribution in [2.45, 2.75) is 25.8 Å². The lowest BCUT2D eigenvalue weighted by atomic mass is 10.0. The zero-order chi connectivity index (χ0) is 17.3. The highest BCUT2D eigenvalue weighted by atomic mass is 32.1. The molecular formula is C19H21N3O2S. The van der Waals surface area contributed by atoms with Crippen molar-refractivity contribution in [3.05, 3.63) is 52.5 Å². The first kappa shape index (κ1) is 16.3. The van der Waals surface area contributed by atoms with Crippen LogP contribution in [0.1, 0.15) is 23.3 Å². The van der Waals surface area contributed by atoms with E-state index in [2.05, 4.69) is 10.3 Å². The van der Waals surface area contributed by atoms with Crippen molar-refractivity contribution in [3.8, 4) is 0 Å². The Morgan fingerprint density at radius 2 is 2.16 bits per heavy atom. The van der Waals surface area contributed by atoms with Crippen molar-refractivity contribution < 1.29 is 9.59 Å². The van der Waals surface area contributed by atoms with Gasteiger partial charge in [-0.25, -0.2) is 0 Å². The molecule has 1 N–H and O–H groups in total. The van der Waals surface area contributed by atoms with Gasteiger partial charge >= 0.3 is 0 Å². The topological polar surface area (TPSA) is 62.3 Å². The summed E-state index contributed by atoms with van der Waals surface area (Å²) in [5, 5.41) is 5.02. The van der Waals surface area contributed by atoms with E-state index in [0.29, 0.717) is 13.0 Å². The highest BCUT2D eigenvalue weighted by molar-refractivity contribution is 7.10. The number of carbonyl (C=O) groups excluding carboxylic acids is 2. The van der Waals surface area contributed by atoms with Crippen LogP contribution in [0.15, 0.2) is 42.0 Å². The van der Waals surface area contributed by atoms with E-state index in [4.69, 9.17) is 0 Å². The number of nitrogens with zero attached hydrogens (tertiary/aromatic N) is 2. The summed E-state index contributed by atoms with van der Waals surface area (Å²) in [7, 11) is 0. The predicted octanol–water partition coefficient (Wildman–Crippen LogP) is 2.24. The second-order valence-electron chi connectivity index (χ2n) is 7.01. The van der Waals surface area contributed by atoms with Gasteiger partial charge in [0.25, 0.3) is 0 Å². The molecule has 2 atom stereocenters. The molecule has 1 saturated carbocycles. The Hall–Kier alpha value is -2.21. The summed E-state index contributed by atoms with van der Waals surface area (Å²) in [5.41, 5.74) is 1.07. The Morgan fingerprint density at radius 1 is 1.32 bits per heavy atom. The summed E-state index contributed by atoms with van der Waals surface area (Å²) in [6, 6.07) is 7.79.